The molecule has 0 unspecified atom stereocenters. The summed E-state index contributed by atoms with van der Waals surface area (Å²) in [5.41, 5.74) is 8.64. The lowest BCUT2D eigenvalue weighted by atomic mass is 9.98. The third-order valence-electron chi connectivity index (χ3n) is 5.17. The van der Waals surface area contributed by atoms with E-state index in [4.69, 9.17) is 10.5 Å². The Morgan fingerprint density at radius 3 is 2.82 bits per heavy atom. The van der Waals surface area contributed by atoms with Gasteiger partial charge in [0.2, 0.25) is 0 Å². The molecule has 1 aromatic heterocycles. The summed E-state index contributed by atoms with van der Waals surface area (Å²) < 4.78 is 7.06. The van der Waals surface area contributed by atoms with Crippen molar-refractivity contribution in [3.63, 3.8) is 0 Å². The minimum Gasteiger partial charge on any atom is -0.491 e. The summed E-state index contributed by atoms with van der Waals surface area (Å²) in [6, 6.07) is 11.7. The molecule has 1 saturated heterocycles. The third-order valence-corrected chi connectivity index (χ3v) is 5.66. The summed E-state index contributed by atoms with van der Waals surface area (Å²) in [7, 11) is 2.16. The predicted octanol–water partition coefficient (Wildman–Crippen LogP) is 4.44. The largest absolute Gasteiger partial charge is 0.491 e. The first-order valence-corrected chi connectivity index (χ1v) is 10.3. The minimum atomic E-state index is 0.574. The number of nitrogens with two attached hydrogens (primary N) is 1. The van der Waals surface area contributed by atoms with Crippen LogP contribution in [0.2, 0.25) is 0 Å². The summed E-state index contributed by atoms with van der Waals surface area (Å²) in [5, 5.41) is 4.21. The van der Waals surface area contributed by atoms with E-state index in [0.717, 1.165) is 52.8 Å². The molecule has 0 amide bonds. The molecule has 0 bridgehead atoms. The van der Waals surface area contributed by atoms with Crippen LogP contribution in [0.1, 0.15) is 12.8 Å². The number of rotatable bonds is 5. The van der Waals surface area contributed by atoms with Gasteiger partial charge in [-0.15, -0.1) is 0 Å². The fourth-order valence-corrected chi connectivity index (χ4v) is 3.86. The molecule has 3 aromatic rings. The van der Waals surface area contributed by atoms with E-state index in [1.807, 2.05) is 36.4 Å². The Hall–Kier alpha value is -2.38. The van der Waals surface area contributed by atoms with E-state index in [0.29, 0.717) is 24.0 Å². The molecule has 0 atom stereocenters. The molecule has 3 N–H and O–H groups in total. The molecular formula is C21H24BrN5O. The van der Waals surface area contributed by atoms with Crippen LogP contribution in [-0.2, 0) is 0 Å². The third kappa shape index (κ3) is 4.36. The van der Waals surface area contributed by atoms with Crippen molar-refractivity contribution < 1.29 is 4.74 Å². The highest BCUT2D eigenvalue weighted by molar-refractivity contribution is 9.10. The normalized spacial score (nSPS) is 15.6. The van der Waals surface area contributed by atoms with Crippen LogP contribution in [0.3, 0.4) is 0 Å². The van der Waals surface area contributed by atoms with Gasteiger partial charge < -0.3 is 20.7 Å². The van der Waals surface area contributed by atoms with Crippen molar-refractivity contribution in [3.8, 4) is 5.75 Å². The molecule has 6 nitrogen and oxygen atoms in total. The highest BCUT2D eigenvalue weighted by atomic mass is 79.9. The van der Waals surface area contributed by atoms with Crippen LogP contribution < -0.4 is 15.8 Å². The number of fused-ring (bicyclic) bond motifs is 1. The van der Waals surface area contributed by atoms with Gasteiger partial charge in [-0.05, 0) is 63.2 Å². The Balaban J connectivity index is 1.54. The quantitative estimate of drug-likeness (QED) is 0.569. The van der Waals surface area contributed by atoms with Gasteiger partial charge in [-0.2, -0.15) is 0 Å². The van der Waals surface area contributed by atoms with E-state index in [9.17, 15) is 0 Å². The second-order valence-electron chi connectivity index (χ2n) is 7.32. The van der Waals surface area contributed by atoms with Crippen LogP contribution in [0.4, 0.5) is 17.2 Å². The van der Waals surface area contributed by atoms with Crippen LogP contribution in [0.25, 0.3) is 10.9 Å². The van der Waals surface area contributed by atoms with E-state index < -0.39 is 0 Å². The van der Waals surface area contributed by atoms with Gasteiger partial charge in [0.15, 0.2) is 0 Å². The second-order valence-corrected chi connectivity index (χ2v) is 8.24. The van der Waals surface area contributed by atoms with Gasteiger partial charge in [-0.25, -0.2) is 9.97 Å². The molecule has 0 spiro atoms. The highest BCUT2D eigenvalue weighted by Crippen LogP contribution is 2.32. The molecule has 4 rings (SSSR count). The standard InChI is InChI=1S/C21H24BrN5O/c1-27-7-5-14(6-8-27)12-28-20-11-19-17(10-18(20)23)21(25-13-24-19)26-16-4-2-3-15(22)9-16/h2-4,9-11,13-14H,5-8,12,23H2,1H3,(H,24,25,26). The molecule has 1 aliphatic rings. The van der Waals surface area contributed by atoms with Gasteiger partial charge in [0.25, 0.3) is 0 Å². The van der Waals surface area contributed by atoms with Gasteiger partial charge in [-0.3, -0.25) is 0 Å². The Kier molecular flexibility index (Phi) is 5.64. The number of hydrogen-bond donors (Lipinski definition) is 2. The lowest BCUT2D eigenvalue weighted by Gasteiger charge is -2.28. The van der Waals surface area contributed by atoms with Crippen LogP contribution in [0.5, 0.6) is 5.75 Å². The molecule has 2 heterocycles. The summed E-state index contributed by atoms with van der Waals surface area (Å²) >= 11 is 3.49. The molecule has 0 radical (unpaired) electrons. The average molecular weight is 442 g/mol. The smallest absolute Gasteiger partial charge is 0.144 e. The van der Waals surface area contributed by atoms with Crippen molar-refractivity contribution in [2.75, 3.05) is 37.8 Å². The van der Waals surface area contributed by atoms with Gasteiger partial charge in [0, 0.05) is 21.6 Å². The number of ether oxygens (including phenoxy) is 1. The highest BCUT2D eigenvalue weighted by Gasteiger charge is 2.18. The fourth-order valence-electron chi connectivity index (χ4n) is 3.46. The zero-order chi connectivity index (χ0) is 19.5. The van der Waals surface area contributed by atoms with Crippen molar-refractivity contribution >= 4 is 44.0 Å². The van der Waals surface area contributed by atoms with E-state index in [1.54, 1.807) is 6.33 Å². The molecule has 0 saturated carbocycles. The number of nitrogens with zero attached hydrogens (tertiary/aromatic N) is 3. The molecule has 146 valence electrons. The molecule has 28 heavy (non-hydrogen) atoms. The van der Waals surface area contributed by atoms with Gasteiger partial charge in [-0.1, -0.05) is 22.0 Å². The van der Waals surface area contributed by atoms with Gasteiger partial charge in [0.1, 0.15) is 17.9 Å². The number of hydrogen-bond acceptors (Lipinski definition) is 6. The molecule has 1 aliphatic heterocycles. The molecule has 1 fully saturated rings. The molecule has 2 aromatic carbocycles. The van der Waals surface area contributed by atoms with E-state index in [-0.39, 0.29) is 0 Å². The summed E-state index contributed by atoms with van der Waals surface area (Å²) in [6.45, 7) is 2.94. The number of likely N-dealkylation sites (tertiary alicyclic amines) is 1. The van der Waals surface area contributed by atoms with E-state index in [2.05, 4.69) is 43.2 Å². The number of nitrogens with one attached hydrogen (secondary N) is 1. The fraction of sp³-hybridized carbons (Fsp3) is 0.333. The monoisotopic (exact) mass is 441 g/mol. The number of halogens is 1. The van der Waals surface area contributed by atoms with Crippen molar-refractivity contribution in [3.05, 3.63) is 47.2 Å². The van der Waals surface area contributed by atoms with Crippen LogP contribution >= 0.6 is 15.9 Å². The van der Waals surface area contributed by atoms with Gasteiger partial charge in [0.05, 0.1) is 17.8 Å². The van der Waals surface area contributed by atoms with Crippen molar-refractivity contribution in [1.29, 1.82) is 0 Å². The Labute approximate surface area is 173 Å². The average Bonchev–Trinajstić information content (AvgIpc) is 2.68. The van der Waals surface area contributed by atoms with Crippen LogP contribution in [0.15, 0.2) is 47.2 Å². The molecular weight excluding hydrogens is 418 g/mol. The number of anilines is 3. The lowest BCUT2D eigenvalue weighted by molar-refractivity contribution is 0.160. The Morgan fingerprint density at radius 2 is 2.04 bits per heavy atom. The van der Waals surface area contributed by atoms with Crippen LogP contribution in [0, 0.1) is 5.92 Å². The van der Waals surface area contributed by atoms with Crippen molar-refractivity contribution in [2.24, 2.45) is 5.92 Å². The van der Waals surface area contributed by atoms with Gasteiger partial charge >= 0.3 is 0 Å². The summed E-state index contributed by atoms with van der Waals surface area (Å²) in [5.74, 6) is 1.99. The lowest BCUT2D eigenvalue weighted by Crippen LogP contribution is -2.32. The summed E-state index contributed by atoms with van der Waals surface area (Å²) in [6.07, 6.45) is 3.87. The molecule has 7 heteroatoms. The van der Waals surface area contributed by atoms with Crippen molar-refractivity contribution in [1.82, 2.24) is 14.9 Å². The number of piperidine rings is 1. The maximum atomic E-state index is 6.29. The summed E-state index contributed by atoms with van der Waals surface area (Å²) in [4.78, 5) is 11.2. The first-order chi connectivity index (χ1) is 13.6. The van der Waals surface area contributed by atoms with Crippen LogP contribution in [-0.4, -0.2) is 41.6 Å². The second kappa shape index (κ2) is 8.32. The Morgan fingerprint density at radius 1 is 1.21 bits per heavy atom. The maximum Gasteiger partial charge on any atom is 0.144 e. The topological polar surface area (TPSA) is 76.3 Å². The SMILES string of the molecule is CN1CCC(COc2cc3ncnc(Nc4cccc(Br)c4)c3cc2N)CC1. The first-order valence-electron chi connectivity index (χ1n) is 9.46. The number of benzene rings is 2. The minimum absolute atomic E-state index is 0.574. The number of aromatic nitrogens is 2. The zero-order valence-corrected chi connectivity index (χ0v) is 17.4. The van der Waals surface area contributed by atoms with Crippen molar-refractivity contribution in [2.45, 2.75) is 12.8 Å². The first kappa shape index (κ1) is 19.0. The molecule has 0 aliphatic carbocycles. The number of nitrogen functional groups attached to an aromatic ring is 1. The van der Waals surface area contributed by atoms with E-state index >= 15 is 0 Å². The predicted molar refractivity (Wildman–Crippen MR) is 117 cm³/mol. The Bertz CT molecular complexity index is 972. The van der Waals surface area contributed by atoms with E-state index in [1.165, 1.54) is 0 Å². The maximum absolute atomic E-state index is 6.29. The zero-order valence-electron chi connectivity index (χ0n) is 15.9.